The van der Waals surface area contributed by atoms with E-state index < -0.39 is 0 Å². The molecule has 2 saturated carbocycles. The maximum Gasteiger partial charge on any atom is 0.330 e. The summed E-state index contributed by atoms with van der Waals surface area (Å²) in [7, 11) is 3.00. The summed E-state index contributed by atoms with van der Waals surface area (Å²) < 4.78 is 10.8. The van der Waals surface area contributed by atoms with Crippen LogP contribution < -0.4 is 29.9 Å². The predicted molar refractivity (Wildman–Crippen MR) is 147 cm³/mol. The lowest BCUT2D eigenvalue weighted by Gasteiger charge is -2.44. The Hall–Kier alpha value is -2.98. The van der Waals surface area contributed by atoms with Gasteiger partial charge in [-0.3, -0.25) is 14.6 Å². The maximum absolute atomic E-state index is 14.0. The fraction of sp³-hybridized carbons (Fsp3) is 0.538. The zero-order valence-corrected chi connectivity index (χ0v) is 23.2. The van der Waals surface area contributed by atoms with E-state index in [1.807, 2.05) is 0 Å². The third kappa shape index (κ3) is 4.91. The summed E-state index contributed by atoms with van der Waals surface area (Å²) in [6, 6.07) is 1.37. The van der Waals surface area contributed by atoms with Gasteiger partial charge in [-0.15, -0.1) is 0 Å². The monoisotopic (exact) mass is 562 g/mol. The molecular formula is C26H32Cl2N6O4. The highest BCUT2D eigenvalue weighted by Crippen LogP contribution is 2.48. The number of benzene rings is 1. The number of hydrogen-bond acceptors (Lipinski definition) is 7. The van der Waals surface area contributed by atoms with Gasteiger partial charge in [-0.2, -0.15) is 4.98 Å². The Labute approximate surface area is 232 Å². The van der Waals surface area contributed by atoms with Gasteiger partial charge in [0.25, 0.3) is 0 Å². The number of carbonyl (C=O) groups is 2. The minimum absolute atomic E-state index is 0.00747. The number of ether oxygens (including phenoxy) is 2. The van der Waals surface area contributed by atoms with E-state index in [0.29, 0.717) is 29.0 Å². The molecule has 3 aliphatic rings. The van der Waals surface area contributed by atoms with E-state index >= 15 is 0 Å². The van der Waals surface area contributed by atoms with Crippen LogP contribution in [0.15, 0.2) is 12.3 Å². The Morgan fingerprint density at radius 3 is 2.26 bits per heavy atom. The minimum atomic E-state index is -0.264. The average Bonchev–Trinajstić information content (AvgIpc) is 2.86. The summed E-state index contributed by atoms with van der Waals surface area (Å²) >= 11 is 13.4. The highest BCUT2D eigenvalue weighted by Gasteiger charge is 2.41. The molecular weight excluding hydrogens is 531 g/mol. The fourth-order valence-electron chi connectivity index (χ4n) is 5.41. The molecule has 3 amide bonds. The number of fused-ring (bicyclic) bond motifs is 1. The molecule has 0 saturated heterocycles. The van der Waals surface area contributed by atoms with Gasteiger partial charge >= 0.3 is 6.03 Å². The van der Waals surface area contributed by atoms with Gasteiger partial charge in [0, 0.05) is 42.9 Å². The van der Waals surface area contributed by atoms with Gasteiger partial charge in [-0.1, -0.05) is 36.0 Å². The van der Waals surface area contributed by atoms with Gasteiger partial charge < -0.3 is 20.1 Å². The second kappa shape index (κ2) is 11.0. The number of rotatable bonds is 7. The number of halogens is 2. The van der Waals surface area contributed by atoms with E-state index in [1.165, 1.54) is 21.1 Å². The summed E-state index contributed by atoms with van der Waals surface area (Å²) in [6.07, 6.45) is 8.46. The van der Waals surface area contributed by atoms with Crippen molar-refractivity contribution in [2.75, 3.05) is 29.3 Å². The van der Waals surface area contributed by atoms with Crippen LogP contribution in [0.25, 0.3) is 0 Å². The third-order valence-electron chi connectivity index (χ3n) is 7.56. The van der Waals surface area contributed by atoms with Crippen molar-refractivity contribution >= 4 is 52.6 Å². The Bertz CT molecular complexity index is 1210. The molecule has 2 N–H and O–H groups in total. The summed E-state index contributed by atoms with van der Waals surface area (Å²) in [5.41, 5.74) is 1.10. The zero-order valence-electron chi connectivity index (χ0n) is 21.7. The van der Waals surface area contributed by atoms with Crippen LogP contribution in [0.1, 0.15) is 57.4 Å². The standard InChI is InChI=1S/C26H32Cl2N6O4/c1-14(35)30-17-9-4-5-10-18(17)31-25-29-12-15-13-33(26(36)34(24(15)32-25)16-7-6-8-16)23-21(27)19(37-2)11-20(38-3)22(23)28/h11-12,16-18H,4-10,13H2,1-3H3,(H,30,35)(H,29,31,32). The van der Waals surface area contributed by atoms with Crippen LogP contribution >= 0.6 is 23.2 Å². The van der Waals surface area contributed by atoms with Gasteiger partial charge in [0.1, 0.15) is 27.4 Å². The van der Waals surface area contributed by atoms with E-state index in [0.717, 1.165) is 50.5 Å². The van der Waals surface area contributed by atoms with Crippen molar-refractivity contribution in [3.63, 3.8) is 0 Å². The van der Waals surface area contributed by atoms with Gasteiger partial charge in [-0.05, 0) is 32.1 Å². The second-order valence-corrected chi connectivity index (χ2v) is 10.7. The SMILES string of the molecule is COc1cc(OC)c(Cl)c(N2Cc3cnc(NC4CCCCC4NC(C)=O)nc3N(C3CCC3)C2=O)c1Cl. The minimum Gasteiger partial charge on any atom is -0.495 e. The highest BCUT2D eigenvalue weighted by atomic mass is 35.5. The Balaban J connectivity index is 1.50. The Morgan fingerprint density at radius 1 is 1.03 bits per heavy atom. The second-order valence-electron chi connectivity index (χ2n) is 9.97. The first kappa shape index (κ1) is 26.6. The fourth-order valence-corrected chi connectivity index (χ4v) is 6.11. The van der Waals surface area contributed by atoms with Gasteiger partial charge in [0.15, 0.2) is 0 Å². The first-order valence-corrected chi connectivity index (χ1v) is 13.7. The lowest BCUT2D eigenvalue weighted by atomic mass is 9.90. The molecule has 204 valence electrons. The van der Waals surface area contributed by atoms with Gasteiger partial charge in [-0.25, -0.2) is 9.78 Å². The third-order valence-corrected chi connectivity index (χ3v) is 8.30. The number of methoxy groups -OCH3 is 2. The molecule has 1 aromatic heterocycles. The smallest absolute Gasteiger partial charge is 0.330 e. The number of aromatic nitrogens is 2. The molecule has 2 unspecified atom stereocenters. The summed E-state index contributed by atoms with van der Waals surface area (Å²) in [5, 5.41) is 6.92. The summed E-state index contributed by atoms with van der Waals surface area (Å²) in [5.74, 6) is 1.68. The van der Waals surface area contributed by atoms with Crippen LogP contribution in [0.3, 0.4) is 0 Å². The quantitative estimate of drug-likeness (QED) is 0.479. The zero-order chi connectivity index (χ0) is 27.0. The molecule has 10 nitrogen and oxygen atoms in total. The van der Waals surface area contributed by atoms with Crippen molar-refractivity contribution in [1.29, 1.82) is 0 Å². The molecule has 5 rings (SSSR count). The normalized spacial score (nSPS) is 21.4. The van der Waals surface area contributed by atoms with Crippen molar-refractivity contribution in [1.82, 2.24) is 15.3 Å². The largest absolute Gasteiger partial charge is 0.495 e. The molecule has 2 atom stereocenters. The van der Waals surface area contributed by atoms with Crippen LogP contribution in [0, 0.1) is 0 Å². The van der Waals surface area contributed by atoms with E-state index in [9.17, 15) is 9.59 Å². The van der Waals surface area contributed by atoms with E-state index in [1.54, 1.807) is 22.1 Å². The molecule has 0 spiro atoms. The highest BCUT2D eigenvalue weighted by molar-refractivity contribution is 6.42. The first-order valence-electron chi connectivity index (χ1n) is 12.9. The topological polar surface area (TPSA) is 109 Å². The predicted octanol–water partition coefficient (Wildman–Crippen LogP) is 5.16. The van der Waals surface area contributed by atoms with Crippen LogP contribution in [0.5, 0.6) is 11.5 Å². The Morgan fingerprint density at radius 2 is 1.68 bits per heavy atom. The van der Waals surface area contributed by atoms with Gasteiger partial charge in [0.05, 0.1) is 26.5 Å². The molecule has 0 bridgehead atoms. The number of hydrogen-bond donors (Lipinski definition) is 2. The van der Waals surface area contributed by atoms with Gasteiger partial charge in [0.2, 0.25) is 11.9 Å². The number of carbonyl (C=O) groups excluding carboxylic acids is 2. The molecule has 38 heavy (non-hydrogen) atoms. The number of anilines is 3. The number of amides is 3. The van der Waals surface area contributed by atoms with Crippen molar-refractivity contribution in [2.45, 2.75) is 76.5 Å². The number of urea groups is 1. The van der Waals surface area contributed by atoms with Crippen molar-refractivity contribution in [2.24, 2.45) is 0 Å². The summed E-state index contributed by atoms with van der Waals surface area (Å²) in [6.45, 7) is 1.72. The van der Waals surface area contributed by atoms with Crippen molar-refractivity contribution in [3.05, 3.63) is 27.9 Å². The van der Waals surface area contributed by atoms with Crippen LogP contribution in [-0.4, -0.2) is 54.3 Å². The summed E-state index contributed by atoms with van der Waals surface area (Å²) in [4.78, 5) is 38.4. The van der Waals surface area contributed by atoms with E-state index in [-0.39, 0.29) is 46.7 Å². The molecule has 2 aliphatic carbocycles. The van der Waals surface area contributed by atoms with Crippen molar-refractivity contribution < 1.29 is 19.1 Å². The van der Waals surface area contributed by atoms with Crippen LogP contribution in [0.4, 0.5) is 22.2 Å². The Kier molecular flexibility index (Phi) is 7.72. The molecule has 12 heteroatoms. The van der Waals surface area contributed by atoms with Crippen molar-refractivity contribution in [3.8, 4) is 11.5 Å². The lowest BCUT2D eigenvalue weighted by molar-refractivity contribution is -0.119. The first-order chi connectivity index (χ1) is 18.3. The maximum atomic E-state index is 14.0. The number of nitrogens with one attached hydrogen (secondary N) is 2. The molecule has 2 fully saturated rings. The molecule has 2 heterocycles. The van der Waals surface area contributed by atoms with E-state index in [4.69, 9.17) is 37.7 Å². The molecule has 0 radical (unpaired) electrons. The van der Waals surface area contributed by atoms with Crippen LogP contribution in [0.2, 0.25) is 10.0 Å². The molecule has 1 aliphatic heterocycles. The molecule has 2 aromatic rings. The van der Waals surface area contributed by atoms with Crippen LogP contribution in [-0.2, 0) is 11.3 Å². The lowest BCUT2D eigenvalue weighted by Crippen LogP contribution is -2.54. The van der Waals surface area contributed by atoms with E-state index in [2.05, 4.69) is 15.6 Å². The number of nitrogens with zero attached hydrogens (tertiary/aromatic N) is 4. The average molecular weight is 563 g/mol. The molecule has 1 aromatic carbocycles.